The van der Waals surface area contributed by atoms with Crippen molar-refractivity contribution in [3.8, 4) is 0 Å². The number of amides is 3. The molecule has 0 bridgehead atoms. The lowest BCUT2D eigenvalue weighted by Crippen LogP contribution is -2.53. The molecule has 1 saturated heterocycles. The molecule has 1 aliphatic rings. The van der Waals surface area contributed by atoms with Gasteiger partial charge in [0.1, 0.15) is 18.2 Å². The van der Waals surface area contributed by atoms with E-state index in [0.717, 1.165) is 25.0 Å². The summed E-state index contributed by atoms with van der Waals surface area (Å²) in [4.78, 5) is 60.1. The number of esters is 2. The first-order valence-electron chi connectivity index (χ1n) is 10.9. The molecule has 0 aromatic carbocycles. The molecule has 1 rings (SSSR count). The molecular weight excluding hydrogens is 418 g/mol. The largest absolute Gasteiger partial charge is 0.465 e. The number of nitrogens with two attached hydrogens (primary N) is 1. The van der Waals surface area contributed by atoms with E-state index in [1.807, 2.05) is 13.8 Å². The van der Waals surface area contributed by atoms with Crippen molar-refractivity contribution in [3.63, 3.8) is 0 Å². The Morgan fingerprint density at radius 3 is 2.31 bits per heavy atom. The van der Waals surface area contributed by atoms with Gasteiger partial charge in [-0.1, -0.05) is 34.1 Å². The van der Waals surface area contributed by atoms with E-state index in [-0.39, 0.29) is 17.8 Å². The van der Waals surface area contributed by atoms with E-state index in [0.29, 0.717) is 13.0 Å². The molecule has 10 nitrogen and oxygen atoms in total. The third-order valence-corrected chi connectivity index (χ3v) is 5.30. The molecule has 0 radical (unpaired) electrons. The van der Waals surface area contributed by atoms with E-state index in [1.165, 1.54) is 6.92 Å². The Hall–Kier alpha value is -2.91. The number of nitrogens with one attached hydrogen (secondary N) is 2. The maximum atomic E-state index is 13.0. The lowest BCUT2D eigenvalue weighted by Gasteiger charge is -2.30. The summed E-state index contributed by atoms with van der Waals surface area (Å²) in [6, 6.07) is -1.95. The van der Waals surface area contributed by atoms with Crippen LogP contribution >= 0.6 is 0 Å². The lowest BCUT2D eigenvalue weighted by atomic mass is 9.88. The number of carbonyl (C=O) groups excluding carboxylic acids is 5. The molecule has 10 heteroatoms. The molecule has 3 amide bonds. The number of hydrogen-bond acceptors (Lipinski definition) is 7. The van der Waals surface area contributed by atoms with Crippen molar-refractivity contribution >= 4 is 29.7 Å². The minimum atomic E-state index is -0.978. The molecule has 0 unspecified atom stereocenters. The summed E-state index contributed by atoms with van der Waals surface area (Å²) >= 11 is 0. The highest BCUT2D eigenvalue weighted by Gasteiger charge is 2.41. The molecule has 1 aliphatic heterocycles. The summed E-state index contributed by atoms with van der Waals surface area (Å²) in [5.74, 6) is -3.98. The fourth-order valence-corrected chi connectivity index (χ4v) is 3.49. The van der Waals surface area contributed by atoms with Crippen molar-refractivity contribution in [2.24, 2.45) is 23.5 Å². The minimum Gasteiger partial charge on any atom is -0.465 e. The zero-order valence-electron chi connectivity index (χ0n) is 19.4. The van der Waals surface area contributed by atoms with Gasteiger partial charge >= 0.3 is 11.9 Å². The molecule has 1 fully saturated rings. The molecule has 0 saturated carbocycles. The first-order valence-corrected chi connectivity index (χ1v) is 10.9. The summed E-state index contributed by atoms with van der Waals surface area (Å²) in [5, 5.41) is 4.99. The summed E-state index contributed by atoms with van der Waals surface area (Å²) in [6.07, 6.45) is 3.25. The molecular formula is C22H35N3O7. The van der Waals surface area contributed by atoms with E-state index < -0.39 is 47.8 Å². The van der Waals surface area contributed by atoms with E-state index in [4.69, 9.17) is 15.2 Å². The number of carbonyl (C=O) groups is 5. The molecule has 5 atom stereocenters. The second-order valence-corrected chi connectivity index (χ2v) is 8.43. The van der Waals surface area contributed by atoms with Crippen molar-refractivity contribution in [2.75, 3.05) is 6.61 Å². The SMILES string of the molecule is CCC[C@H](C)[C@@H](OC(=O)[C@H](NC(=O)[C@H](C)NC(=O)/C=C/C(N)=O)C(C)C)[C@H]1CCOC1=O. The van der Waals surface area contributed by atoms with E-state index in [9.17, 15) is 24.0 Å². The summed E-state index contributed by atoms with van der Waals surface area (Å²) in [6.45, 7) is 9.16. The second kappa shape index (κ2) is 12.8. The van der Waals surface area contributed by atoms with Crippen LogP contribution in [0.3, 0.4) is 0 Å². The number of rotatable bonds is 12. The summed E-state index contributed by atoms with van der Waals surface area (Å²) in [7, 11) is 0. The van der Waals surface area contributed by atoms with Gasteiger partial charge in [-0.15, -0.1) is 0 Å². The third-order valence-electron chi connectivity index (χ3n) is 5.30. The van der Waals surface area contributed by atoms with Crippen molar-refractivity contribution < 1.29 is 33.4 Å². The zero-order valence-corrected chi connectivity index (χ0v) is 19.4. The topological polar surface area (TPSA) is 154 Å². The molecule has 1 heterocycles. The van der Waals surface area contributed by atoms with Gasteiger partial charge in [0, 0.05) is 12.2 Å². The fourth-order valence-electron chi connectivity index (χ4n) is 3.49. The highest BCUT2D eigenvalue weighted by Crippen LogP contribution is 2.29. The number of cyclic esters (lactones) is 1. The molecule has 180 valence electrons. The standard InChI is InChI=1S/C22H35N3O7/c1-6-7-13(4)19(15-10-11-31-21(15)29)32-22(30)18(12(2)3)25-20(28)14(5)24-17(27)9-8-16(23)26/h8-9,12-15,18-19H,6-7,10-11H2,1-5H3,(H2,23,26)(H,24,27)(H,25,28)/b9-8+/t13-,14-,15+,18+,19+/m0/s1. The molecule has 0 spiro atoms. The smallest absolute Gasteiger partial charge is 0.329 e. The van der Waals surface area contributed by atoms with Crippen molar-refractivity contribution in [3.05, 3.63) is 12.2 Å². The highest BCUT2D eigenvalue weighted by atomic mass is 16.6. The van der Waals surface area contributed by atoms with Crippen molar-refractivity contribution in [1.82, 2.24) is 10.6 Å². The third kappa shape index (κ3) is 8.32. The maximum Gasteiger partial charge on any atom is 0.329 e. The van der Waals surface area contributed by atoms with Gasteiger partial charge in [0.15, 0.2) is 0 Å². The first-order chi connectivity index (χ1) is 15.0. The van der Waals surface area contributed by atoms with Crippen molar-refractivity contribution in [1.29, 1.82) is 0 Å². The molecule has 32 heavy (non-hydrogen) atoms. The van der Waals surface area contributed by atoms with Gasteiger partial charge in [0.2, 0.25) is 17.7 Å². The summed E-state index contributed by atoms with van der Waals surface area (Å²) in [5.41, 5.74) is 4.93. The number of ether oxygens (including phenoxy) is 2. The normalized spacial score (nSPS) is 19.7. The van der Waals surface area contributed by atoms with Crippen LogP contribution in [0.1, 0.15) is 53.9 Å². The molecule has 4 N–H and O–H groups in total. The van der Waals surface area contributed by atoms with E-state index in [2.05, 4.69) is 10.6 Å². The average Bonchev–Trinajstić information content (AvgIpc) is 3.13. The van der Waals surface area contributed by atoms with Gasteiger partial charge in [-0.25, -0.2) is 4.79 Å². The van der Waals surface area contributed by atoms with Gasteiger partial charge in [-0.3, -0.25) is 19.2 Å². The Morgan fingerprint density at radius 1 is 1.16 bits per heavy atom. The predicted octanol–water partition coefficient (Wildman–Crippen LogP) is 0.585. The van der Waals surface area contributed by atoms with Crippen LogP contribution in [0, 0.1) is 17.8 Å². The Morgan fingerprint density at radius 2 is 1.81 bits per heavy atom. The van der Waals surface area contributed by atoms with E-state index in [1.54, 1.807) is 13.8 Å². The van der Waals surface area contributed by atoms with Gasteiger partial charge in [0.05, 0.1) is 12.5 Å². The van der Waals surface area contributed by atoms with Crippen LogP contribution < -0.4 is 16.4 Å². The first kappa shape index (κ1) is 27.1. The summed E-state index contributed by atoms with van der Waals surface area (Å²) < 4.78 is 10.8. The van der Waals surface area contributed by atoms with Gasteiger partial charge in [0.25, 0.3) is 0 Å². The Kier molecular flexibility index (Phi) is 10.9. The van der Waals surface area contributed by atoms with Crippen LogP contribution in [-0.4, -0.2) is 54.5 Å². The predicted molar refractivity (Wildman–Crippen MR) is 116 cm³/mol. The lowest BCUT2D eigenvalue weighted by molar-refractivity contribution is -0.164. The van der Waals surface area contributed by atoms with Crippen LogP contribution in [0.25, 0.3) is 0 Å². The Balaban J connectivity index is 2.86. The monoisotopic (exact) mass is 453 g/mol. The Labute approximate surface area is 188 Å². The number of hydrogen-bond donors (Lipinski definition) is 3. The van der Waals surface area contributed by atoms with Crippen LogP contribution in [0.15, 0.2) is 12.2 Å². The van der Waals surface area contributed by atoms with Crippen LogP contribution in [0.5, 0.6) is 0 Å². The van der Waals surface area contributed by atoms with Crippen LogP contribution in [-0.2, 0) is 33.4 Å². The number of primary amides is 1. The average molecular weight is 454 g/mol. The van der Waals surface area contributed by atoms with Gasteiger partial charge in [-0.05, 0) is 31.6 Å². The fraction of sp³-hybridized carbons (Fsp3) is 0.682. The molecule has 0 aromatic heterocycles. The van der Waals surface area contributed by atoms with Crippen molar-refractivity contribution in [2.45, 2.75) is 72.1 Å². The quantitative estimate of drug-likeness (QED) is 0.288. The molecule has 0 aliphatic carbocycles. The van der Waals surface area contributed by atoms with Crippen LogP contribution in [0.4, 0.5) is 0 Å². The Bertz CT molecular complexity index is 735. The molecule has 0 aromatic rings. The van der Waals surface area contributed by atoms with E-state index >= 15 is 0 Å². The minimum absolute atomic E-state index is 0.0571. The van der Waals surface area contributed by atoms with Gasteiger partial charge in [-0.2, -0.15) is 0 Å². The maximum absolute atomic E-state index is 13.0. The van der Waals surface area contributed by atoms with Gasteiger partial charge < -0.3 is 25.8 Å². The highest BCUT2D eigenvalue weighted by molar-refractivity contribution is 5.98. The zero-order chi connectivity index (χ0) is 24.4. The second-order valence-electron chi connectivity index (χ2n) is 8.43. The van der Waals surface area contributed by atoms with Crippen LogP contribution in [0.2, 0.25) is 0 Å².